The number of benzene rings is 3. The maximum Gasteiger partial charge on any atom is 0.255 e. The number of halogens is 1. The van der Waals surface area contributed by atoms with Gasteiger partial charge in [0.15, 0.2) is 0 Å². The summed E-state index contributed by atoms with van der Waals surface area (Å²) >= 11 is 7.51. The van der Waals surface area contributed by atoms with Crippen LogP contribution in [0.25, 0.3) is 0 Å². The van der Waals surface area contributed by atoms with Crippen molar-refractivity contribution in [1.29, 1.82) is 0 Å². The summed E-state index contributed by atoms with van der Waals surface area (Å²) in [7, 11) is 0. The SMILES string of the molecule is Cc1ccc(C(=O)Nc2cccc(SC(C)C(=O)Nc3ccccc3Cl)c2)cc1. The molecule has 148 valence electrons. The lowest BCUT2D eigenvalue weighted by molar-refractivity contribution is -0.115. The van der Waals surface area contributed by atoms with Crippen LogP contribution in [0.2, 0.25) is 5.02 Å². The molecule has 0 aliphatic rings. The molecule has 29 heavy (non-hydrogen) atoms. The number of rotatable bonds is 6. The molecule has 4 nitrogen and oxygen atoms in total. The van der Waals surface area contributed by atoms with Crippen LogP contribution in [0.5, 0.6) is 0 Å². The second-order valence-electron chi connectivity index (χ2n) is 6.58. The normalized spacial score (nSPS) is 11.6. The molecule has 0 bridgehead atoms. The quantitative estimate of drug-likeness (QED) is 0.475. The summed E-state index contributed by atoms with van der Waals surface area (Å²) in [6.07, 6.45) is 0. The monoisotopic (exact) mass is 424 g/mol. The zero-order valence-corrected chi connectivity index (χ0v) is 17.7. The van der Waals surface area contributed by atoms with Crippen molar-refractivity contribution in [3.8, 4) is 0 Å². The molecule has 0 saturated carbocycles. The third-order valence-corrected chi connectivity index (χ3v) is 5.64. The molecule has 0 aliphatic heterocycles. The van der Waals surface area contributed by atoms with Crippen molar-refractivity contribution in [2.24, 2.45) is 0 Å². The van der Waals surface area contributed by atoms with Crippen LogP contribution in [0.3, 0.4) is 0 Å². The molecule has 0 radical (unpaired) electrons. The van der Waals surface area contributed by atoms with Crippen LogP contribution in [0.1, 0.15) is 22.8 Å². The van der Waals surface area contributed by atoms with Gasteiger partial charge in [0.05, 0.1) is 16.0 Å². The summed E-state index contributed by atoms with van der Waals surface area (Å²) in [6.45, 7) is 3.81. The average molecular weight is 425 g/mol. The molecule has 0 aliphatic carbocycles. The van der Waals surface area contributed by atoms with E-state index in [0.29, 0.717) is 22.0 Å². The first-order valence-corrected chi connectivity index (χ1v) is 10.4. The molecule has 1 atom stereocenters. The fourth-order valence-corrected chi connectivity index (χ4v) is 3.72. The van der Waals surface area contributed by atoms with Gasteiger partial charge < -0.3 is 10.6 Å². The standard InChI is InChI=1S/C23H21ClN2O2S/c1-15-10-12-17(13-11-15)23(28)25-18-6-5-7-19(14-18)29-16(2)22(27)26-21-9-4-3-8-20(21)24/h3-14,16H,1-2H3,(H,25,28)(H,26,27). The fourth-order valence-electron chi connectivity index (χ4n) is 2.61. The van der Waals surface area contributed by atoms with Gasteiger partial charge in [0.1, 0.15) is 0 Å². The van der Waals surface area contributed by atoms with Crippen LogP contribution >= 0.6 is 23.4 Å². The lowest BCUT2D eigenvalue weighted by atomic mass is 10.1. The summed E-state index contributed by atoms with van der Waals surface area (Å²) in [5.41, 5.74) is 2.97. The van der Waals surface area contributed by atoms with Crippen LogP contribution < -0.4 is 10.6 Å². The Bertz CT molecular complexity index is 1020. The summed E-state index contributed by atoms with van der Waals surface area (Å²) in [5.74, 6) is -0.311. The molecule has 6 heteroatoms. The molecular weight excluding hydrogens is 404 g/mol. The van der Waals surface area contributed by atoms with Crippen LogP contribution in [-0.4, -0.2) is 17.1 Å². The fraction of sp³-hybridized carbons (Fsp3) is 0.130. The molecule has 2 amide bonds. The third kappa shape index (κ3) is 5.86. The van der Waals surface area contributed by atoms with Gasteiger partial charge in [-0.25, -0.2) is 0 Å². The van der Waals surface area contributed by atoms with Gasteiger partial charge in [0, 0.05) is 16.1 Å². The molecule has 1 unspecified atom stereocenters. The highest BCUT2D eigenvalue weighted by Crippen LogP contribution is 2.28. The zero-order chi connectivity index (χ0) is 20.8. The largest absolute Gasteiger partial charge is 0.324 e. The summed E-state index contributed by atoms with van der Waals surface area (Å²) in [5, 5.41) is 5.90. The van der Waals surface area contributed by atoms with E-state index in [0.717, 1.165) is 10.5 Å². The zero-order valence-electron chi connectivity index (χ0n) is 16.1. The smallest absolute Gasteiger partial charge is 0.255 e. The van der Waals surface area contributed by atoms with E-state index < -0.39 is 0 Å². The molecular formula is C23H21ClN2O2S. The van der Waals surface area contributed by atoms with Crippen LogP contribution in [-0.2, 0) is 4.79 Å². The summed E-state index contributed by atoms with van der Waals surface area (Å²) in [6, 6.07) is 22.0. The molecule has 3 aromatic rings. The number of carbonyl (C=O) groups excluding carboxylic acids is 2. The number of para-hydroxylation sites is 1. The molecule has 0 saturated heterocycles. The van der Waals surface area contributed by atoms with E-state index in [9.17, 15) is 9.59 Å². The van der Waals surface area contributed by atoms with E-state index in [2.05, 4.69) is 10.6 Å². The number of aryl methyl sites for hydroxylation is 1. The number of hydrogen-bond donors (Lipinski definition) is 2. The molecule has 3 rings (SSSR count). The lowest BCUT2D eigenvalue weighted by Gasteiger charge is -2.14. The first-order valence-electron chi connectivity index (χ1n) is 9.12. The number of hydrogen-bond acceptors (Lipinski definition) is 3. The molecule has 3 aromatic carbocycles. The average Bonchev–Trinajstić information content (AvgIpc) is 2.70. The second kappa shape index (κ2) is 9.63. The number of nitrogens with one attached hydrogen (secondary N) is 2. The van der Waals surface area contributed by atoms with Crippen molar-refractivity contribution in [2.75, 3.05) is 10.6 Å². The molecule has 2 N–H and O–H groups in total. The first-order chi connectivity index (χ1) is 13.9. The molecule has 0 fully saturated rings. The van der Waals surface area contributed by atoms with E-state index in [-0.39, 0.29) is 17.1 Å². The minimum Gasteiger partial charge on any atom is -0.324 e. The summed E-state index contributed by atoms with van der Waals surface area (Å²) < 4.78 is 0. The Morgan fingerprint density at radius 2 is 1.66 bits per heavy atom. The number of thioether (sulfide) groups is 1. The highest BCUT2D eigenvalue weighted by atomic mass is 35.5. The van der Waals surface area contributed by atoms with Crippen molar-refractivity contribution >= 4 is 46.6 Å². The lowest BCUT2D eigenvalue weighted by Crippen LogP contribution is -2.22. The van der Waals surface area contributed by atoms with E-state index >= 15 is 0 Å². The Morgan fingerprint density at radius 3 is 2.38 bits per heavy atom. The predicted octanol–water partition coefficient (Wildman–Crippen LogP) is 6.02. The van der Waals surface area contributed by atoms with Gasteiger partial charge in [-0.3, -0.25) is 9.59 Å². The van der Waals surface area contributed by atoms with E-state index in [4.69, 9.17) is 11.6 Å². The van der Waals surface area contributed by atoms with Crippen LogP contribution in [0, 0.1) is 6.92 Å². The van der Waals surface area contributed by atoms with Crippen LogP contribution in [0.4, 0.5) is 11.4 Å². The van der Waals surface area contributed by atoms with Gasteiger partial charge in [-0.05, 0) is 56.3 Å². The Hall–Kier alpha value is -2.76. The van der Waals surface area contributed by atoms with Gasteiger partial charge in [-0.1, -0.05) is 47.5 Å². The van der Waals surface area contributed by atoms with E-state index in [1.165, 1.54) is 11.8 Å². The maximum atomic E-state index is 12.5. The first kappa shape index (κ1) is 21.0. The highest BCUT2D eigenvalue weighted by molar-refractivity contribution is 8.00. The van der Waals surface area contributed by atoms with Gasteiger partial charge in [0.25, 0.3) is 5.91 Å². The minimum atomic E-state index is -0.339. The van der Waals surface area contributed by atoms with E-state index in [1.54, 1.807) is 24.3 Å². The van der Waals surface area contributed by atoms with Crippen molar-refractivity contribution < 1.29 is 9.59 Å². The topological polar surface area (TPSA) is 58.2 Å². The highest BCUT2D eigenvalue weighted by Gasteiger charge is 2.16. The predicted molar refractivity (Wildman–Crippen MR) is 121 cm³/mol. The number of carbonyl (C=O) groups is 2. The number of amides is 2. The molecule has 0 aromatic heterocycles. The van der Waals surface area contributed by atoms with E-state index in [1.807, 2.05) is 62.4 Å². The molecule has 0 spiro atoms. The van der Waals surface area contributed by atoms with Crippen molar-refractivity contribution in [2.45, 2.75) is 24.0 Å². The Labute approximate surface area is 179 Å². The Kier molecular flexibility index (Phi) is 6.96. The minimum absolute atomic E-state index is 0.141. The van der Waals surface area contributed by atoms with Gasteiger partial charge >= 0.3 is 0 Å². The van der Waals surface area contributed by atoms with Gasteiger partial charge in [-0.15, -0.1) is 11.8 Å². The van der Waals surface area contributed by atoms with Gasteiger partial charge in [0.2, 0.25) is 5.91 Å². The Morgan fingerprint density at radius 1 is 0.931 bits per heavy atom. The van der Waals surface area contributed by atoms with Crippen molar-refractivity contribution in [3.63, 3.8) is 0 Å². The maximum absolute atomic E-state index is 12.5. The summed E-state index contributed by atoms with van der Waals surface area (Å²) in [4.78, 5) is 25.8. The number of anilines is 2. The Balaban J connectivity index is 1.63. The third-order valence-electron chi connectivity index (χ3n) is 4.22. The van der Waals surface area contributed by atoms with Crippen LogP contribution in [0.15, 0.2) is 77.7 Å². The van der Waals surface area contributed by atoms with Gasteiger partial charge in [-0.2, -0.15) is 0 Å². The molecule has 0 heterocycles. The van der Waals surface area contributed by atoms with Crippen molar-refractivity contribution in [3.05, 3.63) is 88.9 Å². The second-order valence-corrected chi connectivity index (χ2v) is 8.40. The van der Waals surface area contributed by atoms with Crippen molar-refractivity contribution in [1.82, 2.24) is 0 Å².